The maximum atomic E-state index is 12.4. The average Bonchev–Trinajstić information content (AvgIpc) is 2.02. The molecule has 1 atom stereocenters. The summed E-state index contributed by atoms with van der Waals surface area (Å²) < 4.78 is 12.4. The van der Waals surface area contributed by atoms with Crippen molar-refractivity contribution in [2.45, 2.75) is 26.8 Å². The summed E-state index contributed by atoms with van der Waals surface area (Å²) in [6, 6.07) is 3.61. The highest BCUT2D eigenvalue weighted by atomic mass is 19.1. The second-order valence-electron chi connectivity index (χ2n) is 3.57. The molecule has 0 aliphatic rings. The van der Waals surface area contributed by atoms with Gasteiger partial charge in [0.1, 0.15) is 6.67 Å². The van der Waals surface area contributed by atoms with Gasteiger partial charge in [-0.05, 0) is 37.5 Å². The summed E-state index contributed by atoms with van der Waals surface area (Å²) in [6.07, 6.45) is 0. The highest BCUT2D eigenvalue weighted by Gasteiger charge is 2.11. The Morgan fingerprint density at radius 2 is 1.69 bits per heavy atom. The molecule has 2 heteroatoms. The molecule has 0 bridgehead atoms. The van der Waals surface area contributed by atoms with E-state index in [1.54, 1.807) is 0 Å². The van der Waals surface area contributed by atoms with Crippen LogP contribution in [0.3, 0.4) is 0 Å². The van der Waals surface area contributed by atoms with Gasteiger partial charge in [0.05, 0.1) is 6.04 Å². The van der Waals surface area contributed by atoms with Crippen LogP contribution in [-0.4, -0.2) is 6.67 Å². The number of nitrogens with two attached hydrogens (primary N) is 1. The topological polar surface area (TPSA) is 26.0 Å². The normalized spacial score (nSPS) is 13.0. The number of hydrogen-bond acceptors (Lipinski definition) is 1. The number of alkyl halides is 1. The van der Waals surface area contributed by atoms with Gasteiger partial charge in [0, 0.05) is 0 Å². The lowest BCUT2D eigenvalue weighted by Gasteiger charge is -2.15. The summed E-state index contributed by atoms with van der Waals surface area (Å²) in [7, 11) is 0. The van der Waals surface area contributed by atoms with E-state index in [0.29, 0.717) is 0 Å². The third kappa shape index (κ3) is 2.07. The minimum atomic E-state index is -0.495. The van der Waals surface area contributed by atoms with Gasteiger partial charge in [-0.15, -0.1) is 0 Å². The predicted octanol–water partition coefficient (Wildman–Crippen LogP) is 2.58. The molecule has 0 spiro atoms. The van der Waals surface area contributed by atoms with E-state index >= 15 is 0 Å². The molecule has 0 fully saturated rings. The van der Waals surface area contributed by atoms with Gasteiger partial charge in [0.15, 0.2) is 0 Å². The van der Waals surface area contributed by atoms with Crippen LogP contribution in [0.5, 0.6) is 0 Å². The fourth-order valence-electron chi connectivity index (χ4n) is 1.85. The fourth-order valence-corrected chi connectivity index (χ4v) is 1.85. The molecule has 1 aromatic carbocycles. The second kappa shape index (κ2) is 3.88. The first kappa shape index (κ1) is 10.2. The Kier molecular flexibility index (Phi) is 3.04. The number of halogens is 1. The van der Waals surface area contributed by atoms with Gasteiger partial charge in [-0.2, -0.15) is 0 Å². The van der Waals surface area contributed by atoms with Crippen molar-refractivity contribution in [3.05, 3.63) is 34.4 Å². The van der Waals surface area contributed by atoms with Crippen LogP contribution < -0.4 is 5.73 Å². The maximum Gasteiger partial charge on any atom is 0.109 e. The monoisotopic (exact) mass is 181 g/mol. The molecule has 0 aliphatic heterocycles. The van der Waals surface area contributed by atoms with Gasteiger partial charge in [-0.3, -0.25) is 0 Å². The number of hydrogen-bond donors (Lipinski definition) is 1. The van der Waals surface area contributed by atoms with Crippen molar-refractivity contribution in [2.24, 2.45) is 5.73 Å². The summed E-state index contributed by atoms with van der Waals surface area (Å²) in [5.74, 6) is 0. The lowest BCUT2D eigenvalue weighted by atomic mass is 9.95. The molecule has 1 nitrogen and oxygen atoms in total. The van der Waals surface area contributed by atoms with Crippen LogP contribution in [-0.2, 0) is 0 Å². The quantitative estimate of drug-likeness (QED) is 0.745. The largest absolute Gasteiger partial charge is 0.322 e. The van der Waals surface area contributed by atoms with Crippen LogP contribution in [0.25, 0.3) is 0 Å². The summed E-state index contributed by atoms with van der Waals surface area (Å²) in [5, 5.41) is 0. The molecule has 0 heterocycles. The number of aryl methyl sites for hydroxylation is 3. The Hall–Kier alpha value is -0.890. The van der Waals surface area contributed by atoms with Gasteiger partial charge in [0.25, 0.3) is 0 Å². The van der Waals surface area contributed by atoms with Crippen molar-refractivity contribution < 1.29 is 4.39 Å². The molecule has 0 unspecified atom stereocenters. The van der Waals surface area contributed by atoms with E-state index in [2.05, 4.69) is 0 Å². The molecule has 0 aliphatic carbocycles. The lowest BCUT2D eigenvalue weighted by Crippen LogP contribution is -2.15. The molecule has 13 heavy (non-hydrogen) atoms. The first-order valence-electron chi connectivity index (χ1n) is 4.45. The van der Waals surface area contributed by atoms with Gasteiger partial charge in [-0.25, -0.2) is 4.39 Å². The zero-order chi connectivity index (χ0) is 10.0. The summed E-state index contributed by atoms with van der Waals surface area (Å²) in [5.41, 5.74) is 9.99. The molecule has 1 rings (SSSR count). The highest BCUT2D eigenvalue weighted by molar-refractivity contribution is 5.39. The smallest absolute Gasteiger partial charge is 0.109 e. The van der Waals surface area contributed by atoms with Crippen LogP contribution in [0.4, 0.5) is 4.39 Å². The molecule has 0 saturated heterocycles. The Bertz CT molecular complexity index is 284. The molecular weight excluding hydrogens is 165 g/mol. The van der Waals surface area contributed by atoms with Crippen molar-refractivity contribution in [1.29, 1.82) is 0 Å². The van der Waals surface area contributed by atoms with E-state index in [1.165, 1.54) is 5.56 Å². The summed E-state index contributed by atoms with van der Waals surface area (Å²) >= 11 is 0. The SMILES string of the molecule is Cc1cc(C)c([C@H](N)CF)c(C)c1. The fraction of sp³-hybridized carbons (Fsp3) is 0.455. The van der Waals surface area contributed by atoms with E-state index in [9.17, 15) is 4.39 Å². The zero-order valence-electron chi connectivity index (χ0n) is 8.39. The Labute approximate surface area is 78.8 Å². The zero-order valence-corrected chi connectivity index (χ0v) is 8.39. The molecule has 0 amide bonds. The number of rotatable bonds is 2. The molecule has 1 aromatic rings. The third-order valence-electron chi connectivity index (χ3n) is 2.28. The van der Waals surface area contributed by atoms with Crippen molar-refractivity contribution in [2.75, 3.05) is 6.67 Å². The van der Waals surface area contributed by atoms with Gasteiger partial charge in [0.2, 0.25) is 0 Å². The summed E-state index contributed by atoms with van der Waals surface area (Å²) in [4.78, 5) is 0. The standard InChI is InChI=1S/C11H16FN/c1-7-4-8(2)11(9(3)5-7)10(13)6-12/h4-5,10H,6,13H2,1-3H3/t10-/m1/s1. The van der Waals surface area contributed by atoms with Crippen LogP contribution in [0, 0.1) is 20.8 Å². The van der Waals surface area contributed by atoms with E-state index in [1.807, 2.05) is 32.9 Å². The van der Waals surface area contributed by atoms with E-state index in [-0.39, 0.29) is 0 Å². The molecule has 72 valence electrons. The summed E-state index contributed by atoms with van der Waals surface area (Å²) in [6.45, 7) is 5.49. The minimum Gasteiger partial charge on any atom is -0.322 e. The third-order valence-corrected chi connectivity index (χ3v) is 2.28. The molecule has 0 radical (unpaired) electrons. The van der Waals surface area contributed by atoms with Crippen LogP contribution in [0.1, 0.15) is 28.3 Å². The maximum absolute atomic E-state index is 12.4. The Balaban J connectivity index is 3.20. The first-order chi connectivity index (χ1) is 6.06. The van der Waals surface area contributed by atoms with Crippen molar-refractivity contribution in [3.8, 4) is 0 Å². The van der Waals surface area contributed by atoms with Crippen molar-refractivity contribution in [1.82, 2.24) is 0 Å². The van der Waals surface area contributed by atoms with Crippen molar-refractivity contribution in [3.63, 3.8) is 0 Å². The van der Waals surface area contributed by atoms with E-state index in [0.717, 1.165) is 16.7 Å². The minimum absolute atomic E-state index is 0.472. The molecule has 0 saturated carbocycles. The Morgan fingerprint density at radius 3 is 2.08 bits per heavy atom. The van der Waals surface area contributed by atoms with Crippen LogP contribution >= 0.6 is 0 Å². The average molecular weight is 181 g/mol. The lowest BCUT2D eigenvalue weighted by molar-refractivity contribution is 0.435. The van der Waals surface area contributed by atoms with Gasteiger partial charge < -0.3 is 5.73 Å². The van der Waals surface area contributed by atoms with Crippen LogP contribution in [0.2, 0.25) is 0 Å². The van der Waals surface area contributed by atoms with Crippen LogP contribution in [0.15, 0.2) is 12.1 Å². The van der Waals surface area contributed by atoms with E-state index in [4.69, 9.17) is 5.73 Å². The van der Waals surface area contributed by atoms with Gasteiger partial charge >= 0.3 is 0 Å². The van der Waals surface area contributed by atoms with Gasteiger partial charge in [-0.1, -0.05) is 17.7 Å². The van der Waals surface area contributed by atoms with Crippen molar-refractivity contribution >= 4 is 0 Å². The predicted molar refractivity (Wildman–Crippen MR) is 53.6 cm³/mol. The Morgan fingerprint density at radius 1 is 1.23 bits per heavy atom. The van der Waals surface area contributed by atoms with E-state index < -0.39 is 12.7 Å². The second-order valence-corrected chi connectivity index (χ2v) is 3.57. The molecular formula is C11H16FN. The molecule has 2 N–H and O–H groups in total. The highest BCUT2D eigenvalue weighted by Crippen LogP contribution is 2.22. The first-order valence-corrected chi connectivity index (χ1v) is 4.45. The molecule has 0 aromatic heterocycles. The number of benzene rings is 1.